The van der Waals surface area contributed by atoms with Crippen molar-refractivity contribution < 1.29 is 4.79 Å². The Bertz CT molecular complexity index is 182. The molecule has 5 heteroatoms. The van der Waals surface area contributed by atoms with Crippen LogP contribution in [0, 0.1) is 0 Å². The van der Waals surface area contributed by atoms with Gasteiger partial charge in [-0.3, -0.25) is 0 Å². The van der Waals surface area contributed by atoms with E-state index in [0.29, 0.717) is 5.25 Å². The molecule has 1 fully saturated rings. The minimum absolute atomic E-state index is 0.0452. The van der Waals surface area contributed by atoms with Gasteiger partial charge in [0.25, 0.3) is 0 Å². The van der Waals surface area contributed by atoms with E-state index in [-0.39, 0.29) is 12.1 Å². The maximum Gasteiger partial charge on any atom is 0.315 e. The summed E-state index contributed by atoms with van der Waals surface area (Å²) in [5.74, 6) is 3.62. The van der Waals surface area contributed by atoms with Crippen molar-refractivity contribution in [2.24, 2.45) is 0 Å². The fourth-order valence-corrected chi connectivity index (χ4v) is 3.79. The molecular weight excluding hydrogens is 216 g/mol. The molecule has 0 radical (unpaired) electrons. The molecule has 1 aliphatic rings. The molecule has 1 rings (SSSR count). The molecular formula is C9H18N2OS2. The van der Waals surface area contributed by atoms with E-state index < -0.39 is 0 Å². The minimum atomic E-state index is -0.0452. The molecule has 0 saturated carbocycles. The van der Waals surface area contributed by atoms with E-state index in [9.17, 15) is 4.79 Å². The Balaban J connectivity index is 2.09. The first-order valence-electron chi connectivity index (χ1n) is 4.92. The maximum atomic E-state index is 11.3. The van der Waals surface area contributed by atoms with Crippen molar-refractivity contribution in [2.75, 3.05) is 23.8 Å². The van der Waals surface area contributed by atoms with Gasteiger partial charge >= 0.3 is 6.03 Å². The summed E-state index contributed by atoms with van der Waals surface area (Å²) in [7, 11) is 0. The fourth-order valence-electron chi connectivity index (χ4n) is 1.17. The van der Waals surface area contributed by atoms with Gasteiger partial charge in [0.05, 0.1) is 0 Å². The van der Waals surface area contributed by atoms with Gasteiger partial charge in [0.2, 0.25) is 0 Å². The molecule has 1 saturated heterocycles. The Hall–Kier alpha value is -0.0300. The summed E-state index contributed by atoms with van der Waals surface area (Å²) in [5.41, 5.74) is 0. The van der Waals surface area contributed by atoms with Gasteiger partial charge in [0.1, 0.15) is 0 Å². The van der Waals surface area contributed by atoms with Gasteiger partial charge in [-0.05, 0) is 13.8 Å². The summed E-state index contributed by atoms with van der Waals surface area (Å²) < 4.78 is 0. The average Bonchev–Trinajstić information content (AvgIpc) is 2.15. The smallest absolute Gasteiger partial charge is 0.315 e. The first kappa shape index (κ1) is 12.0. The number of hydrogen-bond acceptors (Lipinski definition) is 3. The van der Waals surface area contributed by atoms with Crippen LogP contribution in [0.3, 0.4) is 0 Å². The first-order chi connectivity index (χ1) is 6.68. The van der Waals surface area contributed by atoms with E-state index in [0.717, 1.165) is 12.3 Å². The van der Waals surface area contributed by atoms with Crippen molar-refractivity contribution in [2.45, 2.75) is 25.1 Å². The summed E-state index contributed by atoms with van der Waals surface area (Å²) in [4.78, 5) is 11.3. The molecule has 0 spiro atoms. The number of amides is 2. The van der Waals surface area contributed by atoms with E-state index in [2.05, 4.69) is 10.6 Å². The van der Waals surface area contributed by atoms with E-state index in [4.69, 9.17) is 0 Å². The lowest BCUT2D eigenvalue weighted by atomic mass is 10.4. The Morgan fingerprint density at radius 2 is 2.29 bits per heavy atom. The summed E-state index contributed by atoms with van der Waals surface area (Å²) >= 11 is 3.94. The monoisotopic (exact) mass is 234 g/mol. The fraction of sp³-hybridized carbons (Fsp3) is 0.889. The normalized spacial score (nSPS) is 22.1. The van der Waals surface area contributed by atoms with Gasteiger partial charge in [-0.25, -0.2) is 4.79 Å². The van der Waals surface area contributed by atoms with E-state index >= 15 is 0 Å². The lowest BCUT2D eigenvalue weighted by Gasteiger charge is -2.21. The highest BCUT2D eigenvalue weighted by molar-refractivity contribution is 8.06. The molecule has 2 amide bonds. The summed E-state index contributed by atoms with van der Waals surface area (Å²) in [6.07, 6.45) is 0. The van der Waals surface area contributed by atoms with Crippen molar-refractivity contribution >= 4 is 29.6 Å². The second-order valence-electron chi connectivity index (χ2n) is 3.58. The largest absolute Gasteiger partial charge is 0.337 e. The highest BCUT2D eigenvalue weighted by atomic mass is 32.2. The van der Waals surface area contributed by atoms with Crippen molar-refractivity contribution in [1.29, 1.82) is 0 Å². The SMILES string of the molecule is CC(C)NC(=O)NCC1CSCCS1. The second kappa shape index (κ2) is 6.45. The first-order valence-corrected chi connectivity index (χ1v) is 7.12. The molecule has 0 aromatic rings. The number of carbonyl (C=O) groups is 1. The molecule has 3 nitrogen and oxygen atoms in total. The highest BCUT2D eigenvalue weighted by Crippen LogP contribution is 2.23. The second-order valence-corrected chi connectivity index (χ2v) is 6.13. The molecule has 1 unspecified atom stereocenters. The van der Waals surface area contributed by atoms with Gasteiger partial charge in [-0.1, -0.05) is 0 Å². The number of carbonyl (C=O) groups excluding carboxylic acids is 1. The Morgan fingerprint density at radius 3 is 2.86 bits per heavy atom. The van der Waals surface area contributed by atoms with Crippen LogP contribution in [0.4, 0.5) is 4.79 Å². The van der Waals surface area contributed by atoms with E-state index in [1.54, 1.807) is 0 Å². The Labute approximate surface area is 94.2 Å². The van der Waals surface area contributed by atoms with Gasteiger partial charge in [-0.2, -0.15) is 23.5 Å². The third-order valence-electron chi connectivity index (χ3n) is 1.80. The lowest BCUT2D eigenvalue weighted by molar-refractivity contribution is 0.238. The number of hydrogen-bond donors (Lipinski definition) is 2. The third-order valence-corrected chi connectivity index (χ3v) is 4.64. The van der Waals surface area contributed by atoms with E-state index in [1.807, 2.05) is 37.4 Å². The number of nitrogens with one attached hydrogen (secondary N) is 2. The molecule has 82 valence electrons. The van der Waals surface area contributed by atoms with Gasteiger partial charge in [0.15, 0.2) is 0 Å². The topological polar surface area (TPSA) is 41.1 Å². The predicted molar refractivity (Wildman–Crippen MR) is 65.2 cm³/mol. The molecule has 0 aromatic carbocycles. The van der Waals surface area contributed by atoms with Crippen molar-refractivity contribution in [3.63, 3.8) is 0 Å². The standard InChI is InChI=1S/C9H18N2OS2/c1-7(2)11-9(12)10-5-8-6-13-3-4-14-8/h7-8H,3-6H2,1-2H3,(H2,10,11,12). The zero-order valence-corrected chi connectivity index (χ0v) is 10.3. The quantitative estimate of drug-likeness (QED) is 0.778. The van der Waals surface area contributed by atoms with Crippen molar-refractivity contribution in [1.82, 2.24) is 10.6 Å². The molecule has 14 heavy (non-hydrogen) atoms. The van der Waals surface area contributed by atoms with Crippen LogP contribution in [0.25, 0.3) is 0 Å². The predicted octanol–water partition coefficient (Wildman–Crippen LogP) is 1.54. The number of urea groups is 1. The van der Waals surface area contributed by atoms with Crippen molar-refractivity contribution in [3.8, 4) is 0 Å². The number of thioether (sulfide) groups is 2. The summed E-state index contributed by atoms with van der Waals surface area (Å²) in [6, 6.07) is 0.166. The van der Waals surface area contributed by atoms with E-state index in [1.165, 1.54) is 11.5 Å². The molecule has 0 aromatic heterocycles. The maximum absolute atomic E-state index is 11.3. The van der Waals surface area contributed by atoms with Crippen LogP contribution in [-0.4, -0.2) is 41.1 Å². The number of rotatable bonds is 3. The summed E-state index contributed by atoms with van der Waals surface area (Å²) in [5, 5.41) is 6.31. The van der Waals surface area contributed by atoms with Gasteiger partial charge < -0.3 is 10.6 Å². The minimum Gasteiger partial charge on any atom is -0.337 e. The molecule has 0 aliphatic carbocycles. The third kappa shape index (κ3) is 5.00. The van der Waals surface area contributed by atoms with Crippen LogP contribution in [0.15, 0.2) is 0 Å². The highest BCUT2D eigenvalue weighted by Gasteiger charge is 2.14. The van der Waals surface area contributed by atoms with Gasteiger partial charge in [-0.15, -0.1) is 0 Å². The zero-order chi connectivity index (χ0) is 10.4. The lowest BCUT2D eigenvalue weighted by Crippen LogP contribution is -2.42. The van der Waals surface area contributed by atoms with Crippen LogP contribution in [-0.2, 0) is 0 Å². The van der Waals surface area contributed by atoms with Crippen LogP contribution in [0.1, 0.15) is 13.8 Å². The van der Waals surface area contributed by atoms with Crippen LogP contribution in [0.5, 0.6) is 0 Å². The molecule has 0 bridgehead atoms. The average molecular weight is 234 g/mol. The van der Waals surface area contributed by atoms with Gasteiger partial charge in [0, 0.05) is 35.1 Å². The Kier molecular flexibility index (Phi) is 5.55. The summed E-state index contributed by atoms with van der Waals surface area (Å²) in [6.45, 7) is 4.71. The van der Waals surface area contributed by atoms with Crippen LogP contribution in [0.2, 0.25) is 0 Å². The molecule has 2 N–H and O–H groups in total. The van der Waals surface area contributed by atoms with Crippen LogP contribution >= 0.6 is 23.5 Å². The van der Waals surface area contributed by atoms with Crippen molar-refractivity contribution in [3.05, 3.63) is 0 Å². The zero-order valence-electron chi connectivity index (χ0n) is 8.71. The molecule has 1 aliphatic heterocycles. The van der Waals surface area contributed by atoms with Crippen LogP contribution < -0.4 is 10.6 Å². The molecule has 1 heterocycles. The Morgan fingerprint density at radius 1 is 1.50 bits per heavy atom. The molecule has 1 atom stereocenters.